The SMILES string of the molecule is Cc1ccc(-c2ocnc2CN)c(Br)c1. The van der Waals surface area contributed by atoms with Crippen LogP contribution in [-0.4, -0.2) is 4.98 Å². The Morgan fingerprint density at radius 3 is 2.93 bits per heavy atom. The van der Waals surface area contributed by atoms with Gasteiger partial charge in [0.05, 0.1) is 0 Å². The molecular weight excluding hydrogens is 256 g/mol. The van der Waals surface area contributed by atoms with Gasteiger partial charge in [0.1, 0.15) is 5.69 Å². The molecule has 4 heteroatoms. The van der Waals surface area contributed by atoms with Crippen LogP contribution in [-0.2, 0) is 6.54 Å². The second kappa shape index (κ2) is 4.16. The summed E-state index contributed by atoms with van der Waals surface area (Å²) in [6.45, 7) is 2.42. The molecule has 1 aromatic carbocycles. The van der Waals surface area contributed by atoms with Crippen LogP contribution in [0.1, 0.15) is 11.3 Å². The van der Waals surface area contributed by atoms with Gasteiger partial charge in [-0.3, -0.25) is 0 Å². The Kier molecular flexibility index (Phi) is 2.88. The Bertz CT molecular complexity index is 479. The van der Waals surface area contributed by atoms with Crippen molar-refractivity contribution in [1.29, 1.82) is 0 Å². The van der Waals surface area contributed by atoms with Gasteiger partial charge >= 0.3 is 0 Å². The Balaban J connectivity index is 2.54. The maximum Gasteiger partial charge on any atom is 0.181 e. The van der Waals surface area contributed by atoms with Crippen molar-refractivity contribution in [3.8, 4) is 11.3 Å². The third-order valence-corrected chi connectivity index (χ3v) is 2.86. The van der Waals surface area contributed by atoms with Gasteiger partial charge in [-0.1, -0.05) is 22.0 Å². The van der Waals surface area contributed by atoms with Crippen molar-refractivity contribution < 1.29 is 4.42 Å². The van der Waals surface area contributed by atoms with Crippen molar-refractivity contribution in [3.63, 3.8) is 0 Å². The van der Waals surface area contributed by atoms with Crippen molar-refractivity contribution in [1.82, 2.24) is 4.98 Å². The monoisotopic (exact) mass is 266 g/mol. The molecule has 0 bridgehead atoms. The first-order valence-electron chi connectivity index (χ1n) is 4.61. The van der Waals surface area contributed by atoms with Crippen molar-refractivity contribution in [2.45, 2.75) is 13.5 Å². The minimum Gasteiger partial charge on any atom is -0.443 e. The van der Waals surface area contributed by atoms with Gasteiger partial charge in [0.25, 0.3) is 0 Å². The minimum atomic E-state index is 0.381. The topological polar surface area (TPSA) is 52.0 Å². The maximum atomic E-state index is 5.57. The number of rotatable bonds is 2. The van der Waals surface area contributed by atoms with Gasteiger partial charge in [0.15, 0.2) is 12.2 Å². The summed E-state index contributed by atoms with van der Waals surface area (Å²) in [7, 11) is 0. The summed E-state index contributed by atoms with van der Waals surface area (Å²) >= 11 is 3.50. The summed E-state index contributed by atoms with van der Waals surface area (Å²) in [4.78, 5) is 4.06. The highest BCUT2D eigenvalue weighted by atomic mass is 79.9. The molecule has 0 saturated heterocycles. The van der Waals surface area contributed by atoms with Gasteiger partial charge in [-0.05, 0) is 24.6 Å². The largest absolute Gasteiger partial charge is 0.443 e. The molecule has 78 valence electrons. The van der Waals surface area contributed by atoms with Gasteiger partial charge in [-0.15, -0.1) is 0 Å². The third-order valence-electron chi connectivity index (χ3n) is 2.20. The predicted molar refractivity (Wildman–Crippen MR) is 62.3 cm³/mol. The number of aromatic nitrogens is 1. The summed E-state index contributed by atoms with van der Waals surface area (Å²) in [5.41, 5.74) is 8.53. The number of nitrogens with two attached hydrogens (primary N) is 1. The van der Waals surface area contributed by atoms with E-state index in [1.807, 2.05) is 25.1 Å². The summed E-state index contributed by atoms with van der Waals surface area (Å²) in [5, 5.41) is 0. The molecule has 0 aliphatic carbocycles. The molecular formula is C11H11BrN2O. The molecule has 0 aliphatic heterocycles. The fourth-order valence-corrected chi connectivity index (χ4v) is 2.11. The number of nitrogens with zero attached hydrogens (tertiary/aromatic N) is 1. The molecule has 0 saturated carbocycles. The predicted octanol–water partition coefficient (Wildman–Crippen LogP) is 2.87. The van der Waals surface area contributed by atoms with E-state index >= 15 is 0 Å². The molecule has 0 spiro atoms. The molecule has 0 atom stereocenters. The fourth-order valence-electron chi connectivity index (χ4n) is 1.44. The molecule has 0 aliphatic rings. The van der Waals surface area contributed by atoms with Crippen LogP contribution in [0, 0.1) is 6.92 Å². The van der Waals surface area contributed by atoms with E-state index in [1.165, 1.54) is 12.0 Å². The van der Waals surface area contributed by atoms with Crippen LogP contribution < -0.4 is 5.73 Å². The van der Waals surface area contributed by atoms with E-state index in [4.69, 9.17) is 10.2 Å². The molecule has 1 heterocycles. The lowest BCUT2D eigenvalue weighted by Crippen LogP contribution is -1.98. The summed E-state index contributed by atoms with van der Waals surface area (Å²) < 4.78 is 6.34. The van der Waals surface area contributed by atoms with Gasteiger partial charge in [-0.25, -0.2) is 4.98 Å². The zero-order valence-corrected chi connectivity index (χ0v) is 9.91. The molecule has 0 amide bonds. The molecule has 2 aromatic rings. The van der Waals surface area contributed by atoms with Crippen LogP contribution >= 0.6 is 15.9 Å². The quantitative estimate of drug-likeness (QED) is 0.910. The lowest BCUT2D eigenvalue weighted by molar-refractivity contribution is 0.570. The first-order valence-corrected chi connectivity index (χ1v) is 5.40. The van der Waals surface area contributed by atoms with E-state index in [-0.39, 0.29) is 0 Å². The van der Waals surface area contributed by atoms with Gasteiger partial charge in [-0.2, -0.15) is 0 Å². The molecule has 2 rings (SSSR count). The number of halogens is 1. The minimum absolute atomic E-state index is 0.381. The number of aryl methyl sites for hydroxylation is 1. The molecule has 0 radical (unpaired) electrons. The highest BCUT2D eigenvalue weighted by Gasteiger charge is 2.12. The highest BCUT2D eigenvalue weighted by molar-refractivity contribution is 9.10. The van der Waals surface area contributed by atoms with Crippen molar-refractivity contribution in [3.05, 3.63) is 40.3 Å². The molecule has 0 unspecified atom stereocenters. The van der Waals surface area contributed by atoms with Crippen LogP contribution in [0.5, 0.6) is 0 Å². The van der Waals surface area contributed by atoms with Crippen LogP contribution in [0.15, 0.2) is 33.5 Å². The van der Waals surface area contributed by atoms with Crippen molar-refractivity contribution in [2.75, 3.05) is 0 Å². The zero-order valence-electron chi connectivity index (χ0n) is 8.33. The molecule has 3 nitrogen and oxygen atoms in total. The van der Waals surface area contributed by atoms with E-state index in [0.29, 0.717) is 6.54 Å². The standard InChI is InChI=1S/C11H11BrN2O/c1-7-2-3-8(9(12)4-7)11-10(5-13)14-6-15-11/h2-4,6H,5,13H2,1H3. The number of benzene rings is 1. The second-order valence-corrected chi connectivity index (χ2v) is 4.17. The Morgan fingerprint density at radius 1 is 1.47 bits per heavy atom. The van der Waals surface area contributed by atoms with E-state index in [1.54, 1.807) is 0 Å². The number of oxazole rings is 1. The highest BCUT2D eigenvalue weighted by Crippen LogP contribution is 2.30. The summed E-state index contributed by atoms with van der Waals surface area (Å²) in [6, 6.07) is 6.07. The van der Waals surface area contributed by atoms with Gasteiger partial charge in [0, 0.05) is 16.6 Å². The Hall–Kier alpha value is -1.13. The second-order valence-electron chi connectivity index (χ2n) is 3.32. The smallest absolute Gasteiger partial charge is 0.181 e. The maximum absolute atomic E-state index is 5.57. The number of hydrogen-bond donors (Lipinski definition) is 1. The van der Waals surface area contributed by atoms with E-state index in [0.717, 1.165) is 21.5 Å². The van der Waals surface area contributed by atoms with Crippen LogP contribution in [0.2, 0.25) is 0 Å². The van der Waals surface area contributed by atoms with E-state index < -0.39 is 0 Å². The normalized spacial score (nSPS) is 10.6. The Morgan fingerprint density at radius 2 is 2.27 bits per heavy atom. The average Bonchev–Trinajstić information content (AvgIpc) is 2.65. The average molecular weight is 267 g/mol. The van der Waals surface area contributed by atoms with Crippen LogP contribution in [0.25, 0.3) is 11.3 Å². The van der Waals surface area contributed by atoms with Crippen molar-refractivity contribution >= 4 is 15.9 Å². The van der Waals surface area contributed by atoms with Gasteiger partial charge < -0.3 is 10.2 Å². The first-order chi connectivity index (χ1) is 7.22. The van der Waals surface area contributed by atoms with Crippen LogP contribution in [0.3, 0.4) is 0 Å². The number of hydrogen-bond acceptors (Lipinski definition) is 3. The van der Waals surface area contributed by atoms with Crippen molar-refractivity contribution in [2.24, 2.45) is 5.73 Å². The molecule has 15 heavy (non-hydrogen) atoms. The lowest BCUT2D eigenvalue weighted by Gasteiger charge is -2.03. The zero-order chi connectivity index (χ0) is 10.8. The molecule has 0 fully saturated rings. The lowest BCUT2D eigenvalue weighted by atomic mass is 10.1. The van der Waals surface area contributed by atoms with E-state index in [9.17, 15) is 0 Å². The molecule has 2 N–H and O–H groups in total. The van der Waals surface area contributed by atoms with Crippen LogP contribution in [0.4, 0.5) is 0 Å². The molecule has 1 aromatic heterocycles. The summed E-state index contributed by atoms with van der Waals surface area (Å²) in [6.07, 6.45) is 1.42. The summed E-state index contributed by atoms with van der Waals surface area (Å²) in [5.74, 6) is 0.740. The van der Waals surface area contributed by atoms with E-state index in [2.05, 4.69) is 20.9 Å². The van der Waals surface area contributed by atoms with Gasteiger partial charge in [0.2, 0.25) is 0 Å². The Labute approximate surface area is 96.4 Å². The fraction of sp³-hybridized carbons (Fsp3) is 0.182. The first kappa shape index (κ1) is 10.4. The third kappa shape index (κ3) is 1.96.